The van der Waals surface area contributed by atoms with Gasteiger partial charge in [0.2, 0.25) is 4.80 Å². The third-order valence-electron chi connectivity index (χ3n) is 4.31. The molecule has 0 spiro atoms. The third kappa shape index (κ3) is 4.27. The van der Waals surface area contributed by atoms with Crippen LogP contribution in [-0.2, 0) is 0 Å². The first-order chi connectivity index (χ1) is 14.1. The number of thiazole rings is 1. The van der Waals surface area contributed by atoms with Crippen LogP contribution in [0.15, 0.2) is 51.9 Å². The number of rotatable bonds is 7. The van der Waals surface area contributed by atoms with Gasteiger partial charge in [-0.1, -0.05) is 0 Å². The van der Waals surface area contributed by atoms with Crippen LogP contribution in [0.2, 0.25) is 0 Å². The highest BCUT2D eigenvalue weighted by molar-refractivity contribution is 7.07. The molecule has 3 aromatic rings. The molecule has 152 valence electrons. The summed E-state index contributed by atoms with van der Waals surface area (Å²) in [6.07, 6.45) is 1.72. The first-order valence-electron chi connectivity index (χ1n) is 8.77. The number of methoxy groups -OCH3 is 4. The highest BCUT2D eigenvalue weighted by Crippen LogP contribution is 2.33. The zero-order valence-corrected chi connectivity index (χ0v) is 17.8. The standard InChI is InChI=1S/C21H23N3O4S/c1-22-21-24(23-12-14-10-15(25-2)6-8-19(14)27-4)18(13-29-21)17-11-16(26-3)7-9-20(17)28-5/h6-13H,1-5H3. The van der Waals surface area contributed by atoms with Gasteiger partial charge in [0.1, 0.15) is 23.0 Å². The Morgan fingerprint density at radius 1 is 0.862 bits per heavy atom. The molecule has 1 aromatic heterocycles. The summed E-state index contributed by atoms with van der Waals surface area (Å²) in [7, 11) is 8.25. The minimum atomic E-state index is 0.695. The molecule has 2 aromatic carbocycles. The largest absolute Gasteiger partial charge is 0.497 e. The van der Waals surface area contributed by atoms with Gasteiger partial charge >= 0.3 is 0 Å². The zero-order valence-electron chi connectivity index (χ0n) is 17.0. The fourth-order valence-corrected chi connectivity index (χ4v) is 3.62. The van der Waals surface area contributed by atoms with Gasteiger partial charge in [0.15, 0.2) is 0 Å². The minimum absolute atomic E-state index is 0.695. The van der Waals surface area contributed by atoms with Gasteiger partial charge in [0.25, 0.3) is 0 Å². The summed E-state index contributed by atoms with van der Waals surface area (Å²) in [5, 5.41) is 6.66. The Morgan fingerprint density at radius 3 is 2.14 bits per heavy atom. The number of ether oxygens (including phenoxy) is 4. The first-order valence-corrected chi connectivity index (χ1v) is 9.65. The summed E-state index contributed by atoms with van der Waals surface area (Å²) in [5.74, 6) is 2.86. The molecule has 0 aliphatic heterocycles. The maximum absolute atomic E-state index is 5.54. The lowest BCUT2D eigenvalue weighted by Crippen LogP contribution is -2.12. The smallest absolute Gasteiger partial charge is 0.205 e. The van der Waals surface area contributed by atoms with Crippen molar-refractivity contribution < 1.29 is 18.9 Å². The Labute approximate surface area is 173 Å². The van der Waals surface area contributed by atoms with E-state index >= 15 is 0 Å². The maximum Gasteiger partial charge on any atom is 0.205 e. The Bertz CT molecular complexity index is 1090. The molecule has 0 radical (unpaired) electrons. The van der Waals surface area contributed by atoms with Crippen molar-refractivity contribution in [2.75, 3.05) is 35.5 Å². The van der Waals surface area contributed by atoms with Crippen molar-refractivity contribution in [2.24, 2.45) is 10.1 Å². The van der Waals surface area contributed by atoms with E-state index in [2.05, 4.69) is 10.1 Å². The first kappa shape index (κ1) is 20.5. The summed E-state index contributed by atoms with van der Waals surface area (Å²) in [6, 6.07) is 11.2. The van der Waals surface area contributed by atoms with E-state index < -0.39 is 0 Å². The average Bonchev–Trinajstić information content (AvgIpc) is 3.19. The molecule has 8 heteroatoms. The van der Waals surface area contributed by atoms with Crippen LogP contribution in [0.1, 0.15) is 5.56 Å². The molecule has 0 aliphatic rings. The van der Waals surface area contributed by atoms with Gasteiger partial charge in [-0.2, -0.15) is 5.10 Å². The number of nitrogens with zero attached hydrogens (tertiary/aromatic N) is 3. The van der Waals surface area contributed by atoms with Crippen molar-refractivity contribution in [1.82, 2.24) is 4.68 Å². The van der Waals surface area contributed by atoms with E-state index in [9.17, 15) is 0 Å². The summed E-state index contributed by atoms with van der Waals surface area (Å²) in [5.41, 5.74) is 2.48. The monoisotopic (exact) mass is 413 g/mol. The van der Waals surface area contributed by atoms with Crippen LogP contribution < -0.4 is 23.7 Å². The normalized spacial score (nSPS) is 11.7. The van der Waals surface area contributed by atoms with E-state index in [1.54, 1.807) is 46.4 Å². The molecule has 0 aliphatic carbocycles. The molecule has 29 heavy (non-hydrogen) atoms. The highest BCUT2D eigenvalue weighted by atomic mass is 32.1. The van der Waals surface area contributed by atoms with Crippen LogP contribution in [0.4, 0.5) is 0 Å². The lowest BCUT2D eigenvalue weighted by molar-refractivity contribution is 0.402. The van der Waals surface area contributed by atoms with Gasteiger partial charge < -0.3 is 18.9 Å². The van der Waals surface area contributed by atoms with E-state index in [1.807, 2.05) is 41.8 Å². The predicted octanol–water partition coefficient (Wildman–Crippen LogP) is 3.66. The van der Waals surface area contributed by atoms with Crippen molar-refractivity contribution in [3.63, 3.8) is 0 Å². The molecular weight excluding hydrogens is 390 g/mol. The van der Waals surface area contributed by atoms with Crippen LogP contribution in [0.3, 0.4) is 0 Å². The average molecular weight is 413 g/mol. The second-order valence-electron chi connectivity index (χ2n) is 5.86. The summed E-state index contributed by atoms with van der Waals surface area (Å²) >= 11 is 1.49. The minimum Gasteiger partial charge on any atom is -0.497 e. The van der Waals surface area contributed by atoms with E-state index in [1.165, 1.54) is 11.3 Å². The predicted molar refractivity (Wildman–Crippen MR) is 115 cm³/mol. The van der Waals surface area contributed by atoms with E-state index in [-0.39, 0.29) is 0 Å². The Morgan fingerprint density at radius 2 is 1.52 bits per heavy atom. The molecule has 0 saturated heterocycles. The maximum atomic E-state index is 5.54. The SMILES string of the molecule is CN=c1scc(-c2cc(OC)ccc2OC)n1N=Cc1cc(OC)ccc1OC. The molecule has 7 nitrogen and oxygen atoms in total. The lowest BCUT2D eigenvalue weighted by Gasteiger charge is -2.11. The summed E-state index contributed by atoms with van der Waals surface area (Å²) in [4.78, 5) is 5.08. The van der Waals surface area contributed by atoms with Gasteiger partial charge in [-0.25, -0.2) is 4.68 Å². The molecule has 0 saturated carbocycles. The van der Waals surface area contributed by atoms with Crippen LogP contribution in [0, 0.1) is 0 Å². The van der Waals surface area contributed by atoms with Gasteiger partial charge in [-0.3, -0.25) is 4.99 Å². The molecular formula is C21H23N3O4S. The third-order valence-corrected chi connectivity index (χ3v) is 5.22. The highest BCUT2D eigenvalue weighted by Gasteiger charge is 2.14. The fraction of sp³-hybridized carbons (Fsp3) is 0.238. The molecule has 0 bridgehead atoms. The molecule has 0 N–H and O–H groups in total. The van der Waals surface area contributed by atoms with Crippen LogP contribution >= 0.6 is 11.3 Å². The molecule has 0 unspecified atom stereocenters. The van der Waals surface area contributed by atoms with Crippen molar-refractivity contribution in [3.05, 3.63) is 52.1 Å². The van der Waals surface area contributed by atoms with Gasteiger partial charge in [-0.05, 0) is 36.4 Å². The van der Waals surface area contributed by atoms with E-state index in [4.69, 9.17) is 18.9 Å². The lowest BCUT2D eigenvalue weighted by atomic mass is 10.1. The van der Waals surface area contributed by atoms with Crippen LogP contribution in [0.5, 0.6) is 23.0 Å². The van der Waals surface area contributed by atoms with E-state index in [0.29, 0.717) is 11.5 Å². The van der Waals surface area contributed by atoms with Gasteiger partial charge in [0.05, 0.1) is 40.3 Å². The van der Waals surface area contributed by atoms with Crippen molar-refractivity contribution in [2.45, 2.75) is 0 Å². The summed E-state index contributed by atoms with van der Waals surface area (Å²) < 4.78 is 23.4. The van der Waals surface area contributed by atoms with Gasteiger partial charge in [0, 0.05) is 23.6 Å². The van der Waals surface area contributed by atoms with Crippen molar-refractivity contribution >= 4 is 17.6 Å². The van der Waals surface area contributed by atoms with Crippen molar-refractivity contribution in [1.29, 1.82) is 0 Å². The summed E-state index contributed by atoms with van der Waals surface area (Å²) in [6.45, 7) is 0. The topological polar surface area (TPSA) is 66.6 Å². The number of hydrogen-bond donors (Lipinski definition) is 0. The molecule has 0 fully saturated rings. The fourth-order valence-electron chi connectivity index (χ4n) is 2.82. The quantitative estimate of drug-likeness (QED) is 0.555. The second-order valence-corrected chi connectivity index (χ2v) is 6.69. The number of benzene rings is 2. The van der Waals surface area contributed by atoms with Crippen molar-refractivity contribution in [3.8, 4) is 34.3 Å². The second kappa shape index (κ2) is 9.29. The zero-order chi connectivity index (χ0) is 20.8. The number of aromatic nitrogens is 1. The van der Waals surface area contributed by atoms with Gasteiger partial charge in [-0.15, -0.1) is 11.3 Å². The Kier molecular flexibility index (Phi) is 6.56. The van der Waals surface area contributed by atoms with Crippen LogP contribution in [0.25, 0.3) is 11.3 Å². The Hall–Kier alpha value is -3.26. The molecule has 0 amide bonds. The Balaban J connectivity index is 2.14. The molecule has 1 heterocycles. The molecule has 0 atom stereocenters. The van der Waals surface area contributed by atoms with Crippen LogP contribution in [-0.4, -0.2) is 46.4 Å². The molecule has 3 rings (SSSR count). The van der Waals surface area contributed by atoms with E-state index in [0.717, 1.165) is 33.1 Å². The number of hydrogen-bond acceptors (Lipinski definition) is 7.